The molecule has 0 radical (unpaired) electrons. The molecule has 6 heteroatoms. The zero-order valence-electron chi connectivity index (χ0n) is 12.8. The van der Waals surface area contributed by atoms with Crippen molar-refractivity contribution in [3.63, 3.8) is 0 Å². The highest BCUT2D eigenvalue weighted by atomic mass is 35.5. The Balaban J connectivity index is 1.52. The van der Waals surface area contributed by atoms with Crippen molar-refractivity contribution in [2.75, 3.05) is 6.54 Å². The van der Waals surface area contributed by atoms with Gasteiger partial charge in [0.25, 0.3) is 5.91 Å². The van der Waals surface area contributed by atoms with Crippen LogP contribution in [0.25, 0.3) is 5.65 Å². The maximum Gasteiger partial charge on any atom is 0.252 e. The van der Waals surface area contributed by atoms with Gasteiger partial charge in [-0.15, -0.1) is 0 Å². The number of carbonyl (C=O) groups excluding carboxylic acids is 1. The number of nitrogens with zero attached hydrogens (tertiary/aromatic N) is 3. The number of aromatic nitrogens is 3. The highest BCUT2D eigenvalue weighted by Crippen LogP contribution is 2.14. The van der Waals surface area contributed by atoms with Gasteiger partial charge in [-0.25, -0.2) is 9.50 Å². The number of fused-ring (bicyclic) bond motifs is 1. The van der Waals surface area contributed by atoms with Crippen LogP contribution in [0.2, 0.25) is 5.02 Å². The lowest BCUT2D eigenvalue weighted by Gasteiger charge is -2.06. The second-order valence-electron chi connectivity index (χ2n) is 5.39. The van der Waals surface area contributed by atoms with Gasteiger partial charge >= 0.3 is 0 Å². The van der Waals surface area contributed by atoms with E-state index in [1.165, 1.54) is 0 Å². The zero-order chi connectivity index (χ0) is 16.2. The fraction of sp³-hybridized carbons (Fsp3) is 0.235. The van der Waals surface area contributed by atoms with Crippen molar-refractivity contribution in [3.05, 3.63) is 64.6 Å². The van der Waals surface area contributed by atoms with Crippen molar-refractivity contribution in [3.8, 4) is 0 Å². The lowest BCUT2D eigenvalue weighted by Crippen LogP contribution is -2.25. The monoisotopic (exact) mass is 328 g/mol. The first kappa shape index (κ1) is 15.5. The molecule has 0 aliphatic heterocycles. The summed E-state index contributed by atoms with van der Waals surface area (Å²) in [5.74, 6) is -0.146. The molecule has 0 spiro atoms. The van der Waals surface area contributed by atoms with Gasteiger partial charge in [-0.05, 0) is 37.5 Å². The molecule has 0 fully saturated rings. The van der Waals surface area contributed by atoms with Crippen LogP contribution < -0.4 is 5.32 Å². The molecule has 118 valence electrons. The van der Waals surface area contributed by atoms with E-state index in [2.05, 4.69) is 15.4 Å². The summed E-state index contributed by atoms with van der Waals surface area (Å²) >= 11 is 6.01. The van der Waals surface area contributed by atoms with Gasteiger partial charge in [-0.2, -0.15) is 5.10 Å². The Morgan fingerprint density at radius 3 is 3.00 bits per heavy atom. The molecule has 0 atom stereocenters. The summed E-state index contributed by atoms with van der Waals surface area (Å²) in [6.07, 6.45) is 5.48. The molecule has 2 aromatic heterocycles. The van der Waals surface area contributed by atoms with E-state index in [0.29, 0.717) is 17.1 Å². The van der Waals surface area contributed by atoms with Crippen LogP contribution in [0.3, 0.4) is 0 Å². The zero-order valence-corrected chi connectivity index (χ0v) is 13.5. The Kier molecular flexibility index (Phi) is 4.57. The van der Waals surface area contributed by atoms with Crippen molar-refractivity contribution in [1.82, 2.24) is 19.9 Å². The van der Waals surface area contributed by atoms with Gasteiger partial charge in [-0.3, -0.25) is 4.79 Å². The normalized spacial score (nSPS) is 10.9. The van der Waals surface area contributed by atoms with Crippen molar-refractivity contribution in [2.45, 2.75) is 19.8 Å². The Morgan fingerprint density at radius 1 is 1.35 bits per heavy atom. The summed E-state index contributed by atoms with van der Waals surface area (Å²) in [5, 5.41) is 7.70. The SMILES string of the molecule is Cc1cc2ncc(CCCNC(=O)c3ccccc3Cl)cn2n1. The minimum absolute atomic E-state index is 0.146. The minimum Gasteiger partial charge on any atom is -0.352 e. The Bertz CT molecular complexity index is 843. The quantitative estimate of drug-likeness (QED) is 0.732. The van der Waals surface area contributed by atoms with Crippen LogP contribution in [0.5, 0.6) is 0 Å². The van der Waals surface area contributed by atoms with Gasteiger partial charge in [-0.1, -0.05) is 23.7 Å². The van der Waals surface area contributed by atoms with Gasteiger partial charge in [0.1, 0.15) is 0 Å². The number of rotatable bonds is 5. The molecule has 0 bridgehead atoms. The number of aryl methyl sites for hydroxylation is 2. The summed E-state index contributed by atoms with van der Waals surface area (Å²) in [5.41, 5.74) is 3.39. The number of benzene rings is 1. The van der Waals surface area contributed by atoms with Crippen LogP contribution >= 0.6 is 11.6 Å². The van der Waals surface area contributed by atoms with Gasteiger partial charge in [0.2, 0.25) is 0 Å². The summed E-state index contributed by atoms with van der Waals surface area (Å²) in [7, 11) is 0. The number of carbonyl (C=O) groups is 1. The summed E-state index contributed by atoms with van der Waals surface area (Å²) in [6, 6.07) is 8.97. The molecule has 2 heterocycles. The van der Waals surface area contributed by atoms with Gasteiger partial charge in [0, 0.05) is 25.0 Å². The third-order valence-corrected chi connectivity index (χ3v) is 3.86. The highest BCUT2D eigenvalue weighted by Gasteiger charge is 2.08. The fourth-order valence-electron chi connectivity index (χ4n) is 2.40. The second kappa shape index (κ2) is 6.79. The number of hydrogen-bond acceptors (Lipinski definition) is 3. The molecule has 0 unspecified atom stereocenters. The molecule has 1 amide bonds. The molecule has 23 heavy (non-hydrogen) atoms. The van der Waals surface area contributed by atoms with E-state index in [9.17, 15) is 4.79 Å². The first-order chi connectivity index (χ1) is 11.1. The molecule has 5 nitrogen and oxygen atoms in total. The molecular weight excluding hydrogens is 312 g/mol. The summed E-state index contributed by atoms with van der Waals surface area (Å²) in [4.78, 5) is 16.4. The van der Waals surface area contributed by atoms with E-state index in [4.69, 9.17) is 11.6 Å². The fourth-order valence-corrected chi connectivity index (χ4v) is 2.62. The Labute approximate surface area is 139 Å². The number of amides is 1. The second-order valence-corrected chi connectivity index (χ2v) is 5.80. The van der Waals surface area contributed by atoms with Crippen molar-refractivity contribution in [1.29, 1.82) is 0 Å². The van der Waals surface area contributed by atoms with Gasteiger partial charge in [0.05, 0.1) is 16.3 Å². The van der Waals surface area contributed by atoms with Crippen LogP contribution in [0.15, 0.2) is 42.7 Å². The minimum atomic E-state index is -0.146. The van der Waals surface area contributed by atoms with E-state index in [1.807, 2.05) is 25.4 Å². The van der Waals surface area contributed by atoms with E-state index in [-0.39, 0.29) is 5.91 Å². The third-order valence-electron chi connectivity index (χ3n) is 3.54. The maximum atomic E-state index is 12.0. The van der Waals surface area contributed by atoms with E-state index in [1.54, 1.807) is 28.8 Å². The first-order valence-corrected chi connectivity index (χ1v) is 7.85. The smallest absolute Gasteiger partial charge is 0.252 e. The van der Waals surface area contributed by atoms with Crippen LogP contribution in [-0.2, 0) is 6.42 Å². The predicted octanol–water partition coefficient (Wildman–Crippen LogP) is 3.05. The highest BCUT2D eigenvalue weighted by molar-refractivity contribution is 6.33. The lowest BCUT2D eigenvalue weighted by molar-refractivity contribution is 0.0953. The largest absolute Gasteiger partial charge is 0.352 e. The van der Waals surface area contributed by atoms with E-state index in [0.717, 1.165) is 29.7 Å². The maximum absolute atomic E-state index is 12.0. The Morgan fingerprint density at radius 2 is 2.17 bits per heavy atom. The van der Waals surface area contributed by atoms with Crippen molar-refractivity contribution in [2.24, 2.45) is 0 Å². The molecule has 0 aliphatic rings. The van der Waals surface area contributed by atoms with Gasteiger partial charge < -0.3 is 5.32 Å². The molecule has 0 saturated carbocycles. The average Bonchev–Trinajstić information content (AvgIpc) is 2.91. The summed E-state index contributed by atoms with van der Waals surface area (Å²) < 4.78 is 1.78. The number of nitrogens with one attached hydrogen (secondary N) is 1. The number of hydrogen-bond donors (Lipinski definition) is 1. The number of halogens is 1. The van der Waals surface area contributed by atoms with E-state index < -0.39 is 0 Å². The molecule has 1 N–H and O–H groups in total. The van der Waals surface area contributed by atoms with Crippen LogP contribution in [0, 0.1) is 6.92 Å². The van der Waals surface area contributed by atoms with E-state index >= 15 is 0 Å². The summed E-state index contributed by atoms with van der Waals surface area (Å²) in [6.45, 7) is 2.53. The molecule has 3 aromatic rings. The lowest BCUT2D eigenvalue weighted by atomic mass is 10.2. The molecule has 3 rings (SSSR count). The van der Waals surface area contributed by atoms with Crippen LogP contribution in [0.4, 0.5) is 0 Å². The Hall–Kier alpha value is -2.40. The average molecular weight is 329 g/mol. The van der Waals surface area contributed by atoms with Gasteiger partial charge in [0.15, 0.2) is 5.65 Å². The van der Waals surface area contributed by atoms with Crippen molar-refractivity contribution >= 4 is 23.2 Å². The molecule has 0 saturated heterocycles. The standard InChI is InChI=1S/C17H17ClN4O/c1-12-9-16-20-10-13(11-22(16)21-12)5-4-8-19-17(23)14-6-2-3-7-15(14)18/h2-3,6-7,9-11H,4-5,8H2,1H3,(H,19,23). The van der Waals surface area contributed by atoms with Crippen molar-refractivity contribution < 1.29 is 4.79 Å². The molecular formula is C17H17ClN4O. The van der Waals surface area contributed by atoms with Crippen LogP contribution in [-0.4, -0.2) is 27.0 Å². The first-order valence-electron chi connectivity index (χ1n) is 7.47. The third kappa shape index (κ3) is 3.68. The predicted molar refractivity (Wildman–Crippen MR) is 89.8 cm³/mol. The molecule has 0 aliphatic carbocycles. The molecule has 1 aromatic carbocycles. The topological polar surface area (TPSA) is 59.3 Å². The van der Waals surface area contributed by atoms with Crippen LogP contribution in [0.1, 0.15) is 28.0 Å².